The van der Waals surface area contributed by atoms with Crippen LogP contribution in [0.5, 0.6) is 11.5 Å². The third kappa shape index (κ3) is 4.44. The van der Waals surface area contributed by atoms with Crippen LogP contribution in [0.25, 0.3) is 0 Å². The van der Waals surface area contributed by atoms with Crippen LogP contribution in [-0.2, 0) is 0 Å². The van der Waals surface area contributed by atoms with Gasteiger partial charge < -0.3 is 14.6 Å². The van der Waals surface area contributed by atoms with E-state index in [1.54, 1.807) is 25.3 Å². The van der Waals surface area contributed by atoms with E-state index >= 15 is 0 Å². The lowest BCUT2D eigenvalue weighted by Crippen LogP contribution is -2.01. The van der Waals surface area contributed by atoms with E-state index in [-0.39, 0.29) is 6.61 Å². The van der Waals surface area contributed by atoms with E-state index in [2.05, 4.69) is 0 Å². The maximum atomic E-state index is 10.8. The number of methoxy groups -OCH3 is 1. The number of ether oxygens (including phenoxy) is 2. The van der Waals surface area contributed by atoms with Gasteiger partial charge in [-0.15, -0.1) is 0 Å². The van der Waals surface area contributed by atoms with Gasteiger partial charge in [0.25, 0.3) is 0 Å². The molecule has 0 heterocycles. The largest absolute Gasteiger partial charge is 0.497 e. The summed E-state index contributed by atoms with van der Waals surface area (Å²) in [6.45, 7) is 0.743. The lowest BCUT2D eigenvalue weighted by Gasteiger charge is -2.09. The number of rotatable bonds is 8. The SMILES string of the molecule is COc1ccc(C=O)c(OCCCCCO)c1. The minimum Gasteiger partial charge on any atom is -0.497 e. The Morgan fingerprint density at radius 2 is 2.12 bits per heavy atom. The zero-order valence-electron chi connectivity index (χ0n) is 10.0. The van der Waals surface area contributed by atoms with Crippen molar-refractivity contribution < 1.29 is 19.4 Å². The molecule has 0 radical (unpaired) electrons. The van der Waals surface area contributed by atoms with Crippen molar-refractivity contribution in [1.82, 2.24) is 0 Å². The first kappa shape index (κ1) is 13.5. The van der Waals surface area contributed by atoms with Gasteiger partial charge in [-0.3, -0.25) is 4.79 Å². The van der Waals surface area contributed by atoms with E-state index in [9.17, 15) is 4.79 Å². The first-order chi connectivity index (χ1) is 8.31. The minimum absolute atomic E-state index is 0.207. The molecule has 0 bridgehead atoms. The van der Waals surface area contributed by atoms with Crippen molar-refractivity contribution in [3.05, 3.63) is 23.8 Å². The molecule has 4 heteroatoms. The fourth-order valence-electron chi connectivity index (χ4n) is 1.44. The van der Waals surface area contributed by atoms with Gasteiger partial charge in [-0.25, -0.2) is 0 Å². The first-order valence-electron chi connectivity index (χ1n) is 5.68. The molecule has 1 aromatic carbocycles. The molecule has 0 aliphatic rings. The number of unbranched alkanes of at least 4 members (excludes halogenated alkanes) is 2. The van der Waals surface area contributed by atoms with E-state index in [4.69, 9.17) is 14.6 Å². The number of benzene rings is 1. The van der Waals surface area contributed by atoms with Gasteiger partial charge in [-0.05, 0) is 31.4 Å². The van der Waals surface area contributed by atoms with Crippen LogP contribution < -0.4 is 9.47 Å². The molecule has 17 heavy (non-hydrogen) atoms. The molecule has 0 amide bonds. The molecule has 1 N–H and O–H groups in total. The van der Waals surface area contributed by atoms with Gasteiger partial charge >= 0.3 is 0 Å². The summed E-state index contributed by atoms with van der Waals surface area (Å²) in [5, 5.41) is 8.63. The average molecular weight is 238 g/mol. The molecule has 0 fully saturated rings. The van der Waals surface area contributed by atoms with E-state index < -0.39 is 0 Å². The predicted octanol–water partition coefficient (Wildman–Crippen LogP) is 2.05. The molecule has 0 saturated heterocycles. The monoisotopic (exact) mass is 238 g/mol. The average Bonchev–Trinajstić information content (AvgIpc) is 2.38. The highest BCUT2D eigenvalue weighted by atomic mass is 16.5. The molecule has 4 nitrogen and oxygen atoms in total. The van der Waals surface area contributed by atoms with Crippen LogP contribution in [0.3, 0.4) is 0 Å². The topological polar surface area (TPSA) is 55.8 Å². The second kappa shape index (κ2) is 7.68. The Bertz CT molecular complexity index is 349. The van der Waals surface area contributed by atoms with Crippen LogP contribution in [0.15, 0.2) is 18.2 Å². The number of carbonyl (C=O) groups is 1. The second-order valence-electron chi connectivity index (χ2n) is 3.65. The van der Waals surface area contributed by atoms with E-state index in [1.165, 1.54) is 0 Å². The molecule has 0 unspecified atom stereocenters. The Hall–Kier alpha value is -1.55. The van der Waals surface area contributed by atoms with Crippen LogP contribution in [0.1, 0.15) is 29.6 Å². The van der Waals surface area contributed by atoms with Crippen LogP contribution in [0, 0.1) is 0 Å². The molecule has 94 valence electrons. The number of aldehydes is 1. The van der Waals surface area contributed by atoms with Crippen LogP contribution >= 0.6 is 0 Å². The maximum Gasteiger partial charge on any atom is 0.153 e. The van der Waals surface area contributed by atoms with Gasteiger partial charge in [0, 0.05) is 12.7 Å². The number of aliphatic hydroxyl groups excluding tert-OH is 1. The van der Waals surface area contributed by atoms with Crippen molar-refractivity contribution in [3.63, 3.8) is 0 Å². The molecular formula is C13H18O4. The second-order valence-corrected chi connectivity index (χ2v) is 3.65. The fraction of sp³-hybridized carbons (Fsp3) is 0.462. The van der Waals surface area contributed by atoms with Gasteiger partial charge in [0.15, 0.2) is 6.29 Å². The van der Waals surface area contributed by atoms with Crippen LogP contribution in [-0.4, -0.2) is 31.7 Å². The molecule has 0 atom stereocenters. The summed E-state index contributed by atoms with van der Waals surface area (Å²) in [6.07, 6.45) is 3.32. The standard InChI is InChI=1S/C13H18O4/c1-16-12-6-5-11(10-15)13(9-12)17-8-4-2-3-7-14/h5-6,9-10,14H,2-4,7-8H2,1H3. The number of hydrogen-bond acceptors (Lipinski definition) is 4. The fourth-order valence-corrected chi connectivity index (χ4v) is 1.44. The van der Waals surface area contributed by atoms with Gasteiger partial charge in [0.05, 0.1) is 19.3 Å². The van der Waals surface area contributed by atoms with Crippen molar-refractivity contribution in [2.24, 2.45) is 0 Å². The summed E-state index contributed by atoms with van der Waals surface area (Å²) in [5.41, 5.74) is 0.521. The molecule has 1 aromatic rings. The Labute approximate surface area is 101 Å². The highest BCUT2D eigenvalue weighted by molar-refractivity contribution is 5.79. The molecular weight excluding hydrogens is 220 g/mol. The third-order valence-electron chi connectivity index (χ3n) is 2.41. The predicted molar refractivity (Wildman–Crippen MR) is 64.8 cm³/mol. The smallest absolute Gasteiger partial charge is 0.153 e. The normalized spacial score (nSPS) is 10.0. The van der Waals surface area contributed by atoms with E-state index in [0.717, 1.165) is 25.5 Å². The first-order valence-corrected chi connectivity index (χ1v) is 5.68. The zero-order chi connectivity index (χ0) is 12.5. The van der Waals surface area contributed by atoms with Crippen molar-refractivity contribution in [2.45, 2.75) is 19.3 Å². The summed E-state index contributed by atoms with van der Waals surface area (Å²) in [5.74, 6) is 1.21. The van der Waals surface area contributed by atoms with Gasteiger partial charge in [0.1, 0.15) is 11.5 Å². The Morgan fingerprint density at radius 3 is 2.76 bits per heavy atom. The summed E-state index contributed by atoms with van der Waals surface area (Å²) in [6, 6.07) is 5.10. The van der Waals surface area contributed by atoms with Crippen LogP contribution in [0.2, 0.25) is 0 Å². The number of hydrogen-bond donors (Lipinski definition) is 1. The van der Waals surface area contributed by atoms with Crippen molar-refractivity contribution in [3.8, 4) is 11.5 Å². The van der Waals surface area contributed by atoms with Gasteiger partial charge in [-0.1, -0.05) is 0 Å². The lowest BCUT2D eigenvalue weighted by molar-refractivity contribution is 0.111. The molecule has 1 rings (SSSR count). The number of aliphatic hydroxyl groups is 1. The minimum atomic E-state index is 0.207. The Kier molecular flexibility index (Phi) is 6.10. The van der Waals surface area contributed by atoms with E-state index in [1.807, 2.05) is 0 Å². The molecule has 0 spiro atoms. The Balaban J connectivity index is 2.52. The Morgan fingerprint density at radius 1 is 1.29 bits per heavy atom. The summed E-state index contributed by atoms with van der Waals surface area (Å²) in [4.78, 5) is 10.8. The number of carbonyl (C=O) groups excluding carboxylic acids is 1. The van der Waals surface area contributed by atoms with Crippen molar-refractivity contribution >= 4 is 6.29 Å². The highest BCUT2D eigenvalue weighted by Crippen LogP contribution is 2.23. The van der Waals surface area contributed by atoms with Crippen molar-refractivity contribution in [2.75, 3.05) is 20.3 Å². The summed E-state index contributed by atoms with van der Waals surface area (Å²) in [7, 11) is 1.57. The zero-order valence-corrected chi connectivity index (χ0v) is 10.0. The van der Waals surface area contributed by atoms with Crippen molar-refractivity contribution in [1.29, 1.82) is 0 Å². The highest BCUT2D eigenvalue weighted by Gasteiger charge is 2.04. The molecule has 0 aliphatic carbocycles. The summed E-state index contributed by atoms with van der Waals surface area (Å²) >= 11 is 0. The quantitative estimate of drug-likeness (QED) is 0.556. The van der Waals surface area contributed by atoms with Gasteiger partial charge in [-0.2, -0.15) is 0 Å². The third-order valence-corrected chi connectivity index (χ3v) is 2.41. The molecule has 0 aromatic heterocycles. The van der Waals surface area contributed by atoms with E-state index in [0.29, 0.717) is 23.7 Å². The lowest BCUT2D eigenvalue weighted by atomic mass is 10.2. The molecule has 0 aliphatic heterocycles. The maximum absolute atomic E-state index is 10.8. The van der Waals surface area contributed by atoms with Crippen LogP contribution in [0.4, 0.5) is 0 Å². The van der Waals surface area contributed by atoms with Gasteiger partial charge in [0.2, 0.25) is 0 Å². The summed E-state index contributed by atoms with van der Waals surface area (Å²) < 4.78 is 10.6. The molecule has 0 saturated carbocycles.